The van der Waals surface area contributed by atoms with Gasteiger partial charge in [-0.15, -0.1) is 0 Å². The number of rotatable bonds is 4. The maximum absolute atomic E-state index is 3.77. The van der Waals surface area contributed by atoms with Crippen LogP contribution in [0.2, 0.25) is 0 Å². The maximum Gasteiger partial charge on any atom is 0.130 e. The van der Waals surface area contributed by atoms with Gasteiger partial charge in [-0.05, 0) is 72.3 Å². The van der Waals surface area contributed by atoms with Gasteiger partial charge in [0.25, 0.3) is 0 Å². The highest BCUT2D eigenvalue weighted by molar-refractivity contribution is 6.18. The van der Waals surface area contributed by atoms with Crippen LogP contribution in [0, 0.1) is 0 Å². The molecule has 0 saturated heterocycles. The lowest BCUT2D eigenvalue weighted by molar-refractivity contribution is 0.827. The van der Waals surface area contributed by atoms with E-state index in [9.17, 15) is 0 Å². The van der Waals surface area contributed by atoms with Gasteiger partial charge in [-0.25, -0.2) is 0 Å². The fourth-order valence-corrected chi connectivity index (χ4v) is 6.83. The molecule has 6 aromatic carbocycles. The Kier molecular flexibility index (Phi) is 5.23. The van der Waals surface area contributed by atoms with Gasteiger partial charge < -0.3 is 19.4 Å². The number of hydrogen-bond donors (Lipinski definition) is 1. The summed E-state index contributed by atoms with van der Waals surface area (Å²) in [5, 5.41) is 7.54. The Balaban J connectivity index is 1.20. The van der Waals surface area contributed by atoms with Gasteiger partial charge in [0.05, 0.1) is 27.9 Å². The van der Waals surface area contributed by atoms with Crippen LogP contribution in [-0.2, 0) is 0 Å². The van der Waals surface area contributed by atoms with Crippen molar-refractivity contribution < 1.29 is 0 Å². The molecule has 1 N–H and O–H groups in total. The number of nitrogens with zero attached hydrogens (tertiary/aromatic N) is 3. The summed E-state index contributed by atoms with van der Waals surface area (Å²) in [6.45, 7) is 0. The van der Waals surface area contributed by atoms with E-state index in [1.807, 2.05) is 0 Å². The Hall–Kier alpha value is -5.74. The van der Waals surface area contributed by atoms with Crippen molar-refractivity contribution in [2.75, 3.05) is 10.2 Å². The second-order valence-corrected chi connectivity index (χ2v) is 11.1. The fourth-order valence-electron chi connectivity index (χ4n) is 6.83. The molecule has 9 rings (SSSR count). The minimum atomic E-state index is -0.00129. The van der Waals surface area contributed by atoms with Gasteiger partial charge >= 0.3 is 0 Å². The number of anilines is 3. The zero-order valence-corrected chi connectivity index (χ0v) is 23.4. The molecule has 2 aromatic heterocycles. The zero-order chi connectivity index (χ0) is 28.3. The van der Waals surface area contributed by atoms with E-state index in [0.717, 1.165) is 17.1 Å². The Labute approximate surface area is 249 Å². The van der Waals surface area contributed by atoms with Crippen molar-refractivity contribution in [3.05, 3.63) is 163 Å². The molecule has 0 bridgehead atoms. The highest BCUT2D eigenvalue weighted by Gasteiger charge is 2.31. The summed E-state index contributed by atoms with van der Waals surface area (Å²) in [6.07, 6.45) is 2.19. The molecule has 4 nitrogen and oxygen atoms in total. The van der Waals surface area contributed by atoms with Crippen LogP contribution in [-0.4, -0.2) is 9.13 Å². The van der Waals surface area contributed by atoms with Crippen molar-refractivity contribution >= 4 is 49.8 Å². The van der Waals surface area contributed by atoms with E-state index in [-0.39, 0.29) is 6.17 Å². The van der Waals surface area contributed by atoms with Crippen LogP contribution < -0.4 is 10.2 Å². The van der Waals surface area contributed by atoms with Crippen LogP contribution in [0.5, 0.6) is 0 Å². The third-order valence-corrected chi connectivity index (χ3v) is 8.75. The molecule has 1 aliphatic rings. The molecule has 1 aliphatic heterocycles. The standard InChI is InChI=1S/C39H28N4/c1-3-11-28(12-4-1)41-26-25-33-35(41)24-23-32-31-15-7-9-17-36(31)42(38(32)33)30-21-19-27(20-22-30)39-40-34-16-8-10-18-37(34)43(39)29-13-5-2-6-14-29/h1-26,39-40H. The average Bonchev–Trinajstić information content (AvgIpc) is 3.78. The molecule has 1 atom stereocenters. The molecular weight excluding hydrogens is 524 g/mol. The summed E-state index contributed by atoms with van der Waals surface area (Å²) in [7, 11) is 0. The van der Waals surface area contributed by atoms with Gasteiger partial charge in [0.15, 0.2) is 0 Å². The lowest BCUT2D eigenvalue weighted by atomic mass is 10.1. The Morgan fingerprint density at radius 1 is 0.465 bits per heavy atom. The van der Waals surface area contributed by atoms with Crippen LogP contribution in [0.3, 0.4) is 0 Å². The van der Waals surface area contributed by atoms with E-state index < -0.39 is 0 Å². The van der Waals surface area contributed by atoms with Gasteiger partial charge in [-0.2, -0.15) is 0 Å². The Morgan fingerprint density at radius 2 is 1.16 bits per heavy atom. The van der Waals surface area contributed by atoms with Gasteiger partial charge in [0.1, 0.15) is 6.17 Å². The summed E-state index contributed by atoms with van der Waals surface area (Å²) in [6, 6.07) is 54.3. The largest absolute Gasteiger partial charge is 0.359 e. The smallest absolute Gasteiger partial charge is 0.130 e. The minimum absolute atomic E-state index is 0.00129. The van der Waals surface area contributed by atoms with E-state index in [1.54, 1.807) is 0 Å². The number of fused-ring (bicyclic) bond motifs is 6. The lowest BCUT2D eigenvalue weighted by Crippen LogP contribution is -2.23. The van der Waals surface area contributed by atoms with E-state index in [4.69, 9.17) is 0 Å². The molecule has 0 amide bonds. The van der Waals surface area contributed by atoms with E-state index >= 15 is 0 Å². The fraction of sp³-hybridized carbons (Fsp3) is 0.0256. The molecule has 3 heterocycles. The molecular formula is C39H28N4. The van der Waals surface area contributed by atoms with Crippen LogP contribution in [0.25, 0.3) is 44.1 Å². The predicted molar refractivity (Wildman–Crippen MR) is 179 cm³/mol. The third-order valence-electron chi connectivity index (χ3n) is 8.75. The molecule has 8 aromatic rings. The number of aromatic nitrogens is 2. The zero-order valence-electron chi connectivity index (χ0n) is 23.4. The minimum Gasteiger partial charge on any atom is -0.359 e. The highest BCUT2D eigenvalue weighted by Crippen LogP contribution is 2.46. The number of nitrogens with one attached hydrogen (secondary N) is 1. The quantitative estimate of drug-likeness (QED) is 0.235. The molecule has 204 valence electrons. The molecule has 43 heavy (non-hydrogen) atoms. The SMILES string of the molecule is c1ccc(N2c3ccccc3NC2c2ccc(-n3c4ccccc4c4ccc5c(ccn5-c5ccccc5)c43)cc2)cc1. The van der Waals surface area contributed by atoms with Crippen molar-refractivity contribution in [2.45, 2.75) is 6.17 Å². The highest BCUT2D eigenvalue weighted by atomic mass is 15.3. The van der Waals surface area contributed by atoms with Gasteiger partial charge in [0.2, 0.25) is 0 Å². The summed E-state index contributed by atoms with van der Waals surface area (Å²) in [5.41, 5.74) is 10.7. The normalized spacial score (nSPS) is 14.4. The summed E-state index contributed by atoms with van der Waals surface area (Å²) < 4.78 is 4.71. The molecule has 4 heteroatoms. The van der Waals surface area contributed by atoms with Gasteiger partial charge in [-0.3, -0.25) is 0 Å². The topological polar surface area (TPSA) is 25.1 Å². The monoisotopic (exact) mass is 552 g/mol. The van der Waals surface area contributed by atoms with Crippen LogP contribution >= 0.6 is 0 Å². The maximum atomic E-state index is 3.77. The molecule has 0 saturated carbocycles. The first kappa shape index (κ1) is 23.9. The first-order chi connectivity index (χ1) is 21.3. The summed E-state index contributed by atoms with van der Waals surface area (Å²) >= 11 is 0. The molecule has 0 radical (unpaired) electrons. The Bertz CT molecular complexity index is 2260. The molecule has 0 spiro atoms. The second kappa shape index (κ2) is 9.40. The van der Waals surface area contributed by atoms with E-state index in [0.29, 0.717) is 0 Å². The number of para-hydroxylation sites is 5. The van der Waals surface area contributed by atoms with Crippen molar-refractivity contribution in [1.82, 2.24) is 9.13 Å². The molecule has 1 unspecified atom stereocenters. The first-order valence-electron chi connectivity index (χ1n) is 14.7. The van der Waals surface area contributed by atoms with Crippen molar-refractivity contribution in [3.63, 3.8) is 0 Å². The Morgan fingerprint density at radius 3 is 1.98 bits per heavy atom. The predicted octanol–water partition coefficient (Wildman–Crippen LogP) is 9.99. The van der Waals surface area contributed by atoms with Gasteiger partial charge in [0, 0.05) is 39.4 Å². The number of hydrogen-bond acceptors (Lipinski definition) is 2. The summed E-state index contributed by atoms with van der Waals surface area (Å²) in [4.78, 5) is 2.39. The van der Waals surface area contributed by atoms with Crippen LogP contribution in [0.15, 0.2) is 158 Å². The number of benzene rings is 6. The van der Waals surface area contributed by atoms with Crippen molar-refractivity contribution in [3.8, 4) is 11.4 Å². The first-order valence-corrected chi connectivity index (χ1v) is 14.7. The summed E-state index contributed by atoms with van der Waals surface area (Å²) in [5.74, 6) is 0. The molecule has 0 fully saturated rings. The van der Waals surface area contributed by atoms with Crippen molar-refractivity contribution in [2.24, 2.45) is 0 Å². The van der Waals surface area contributed by atoms with Crippen molar-refractivity contribution in [1.29, 1.82) is 0 Å². The third kappa shape index (κ3) is 3.63. The van der Waals surface area contributed by atoms with Gasteiger partial charge in [-0.1, -0.05) is 84.9 Å². The van der Waals surface area contributed by atoms with E-state index in [1.165, 1.54) is 49.6 Å². The lowest BCUT2D eigenvalue weighted by Gasteiger charge is -2.27. The van der Waals surface area contributed by atoms with Crippen LogP contribution in [0.1, 0.15) is 11.7 Å². The van der Waals surface area contributed by atoms with E-state index in [2.05, 4.69) is 177 Å². The second-order valence-electron chi connectivity index (χ2n) is 11.1. The average molecular weight is 553 g/mol. The molecule has 0 aliphatic carbocycles. The van der Waals surface area contributed by atoms with Crippen LogP contribution in [0.4, 0.5) is 17.1 Å².